The molecule has 1 rings (SSSR count). The summed E-state index contributed by atoms with van der Waals surface area (Å²) in [6.45, 7) is 9.34. The van der Waals surface area contributed by atoms with Crippen LogP contribution >= 0.6 is 0 Å². The number of nitrogens with one attached hydrogen (secondary N) is 2. The normalized spacial score (nSPS) is 21.9. The summed E-state index contributed by atoms with van der Waals surface area (Å²) in [6, 6.07) is 0.719. The molecular formula is C13H29N3O. The van der Waals surface area contributed by atoms with E-state index in [2.05, 4.69) is 22.5 Å². The topological polar surface area (TPSA) is 36.5 Å². The molecule has 1 unspecified atom stereocenters. The van der Waals surface area contributed by atoms with E-state index >= 15 is 0 Å². The van der Waals surface area contributed by atoms with Gasteiger partial charge in [-0.05, 0) is 33.0 Å². The van der Waals surface area contributed by atoms with Crippen LogP contribution in [0.15, 0.2) is 0 Å². The van der Waals surface area contributed by atoms with Crippen LogP contribution in [0.5, 0.6) is 0 Å². The maximum absolute atomic E-state index is 5.61. The largest absolute Gasteiger partial charge is 0.379 e. The minimum absolute atomic E-state index is 0.719. The molecule has 1 atom stereocenters. The van der Waals surface area contributed by atoms with Crippen molar-refractivity contribution in [1.82, 2.24) is 15.5 Å². The van der Waals surface area contributed by atoms with Gasteiger partial charge in [0.2, 0.25) is 0 Å². The molecule has 0 aromatic carbocycles. The molecule has 0 aromatic heterocycles. The number of hydrogen-bond acceptors (Lipinski definition) is 4. The molecule has 0 aliphatic carbocycles. The zero-order chi connectivity index (χ0) is 12.3. The van der Waals surface area contributed by atoms with E-state index in [1.54, 1.807) is 0 Å². The number of piperidine rings is 1. The van der Waals surface area contributed by atoms with E-state index in [1.165, 1.54) is 25.8 Å². The van der Waals surface area contributed by atoms with Crippen molar-refractivity contribution in [1.29, 1.82) is 0 Å². The Balaban J connectivity index is 2.13. The van der Waals surface area contributed by atoms with Gasteiger partial charge in [-0.1, -0.05) is 13.3 Å². The van der Waals surface area contributed by atoms with E-state index in [-0.39, 0.29) is 0 Å². The summed E-state index contributed by atoms with van der Waals surface area (Å²) in [5.74, 6) is 0. The summed E-state index contributed by atoms with van der Waals surface area (Å²) in [4.78, 5) is 2.59. The zero-order valence-electron chi connectivity index (χ0n) is 11.5. The van der Waals surface area contributed by atoms with Gasteiger partial charge in [0.15, 0.2) is 0 Å². The van der Waals surface area contributed by atoms with Gasteiger partial charge in [-0.25, -0.2) is 0 Å². The van der Waals surface area contributed by atoms with Gasteiger partial charge in [-0.3, -0.25) is 4.90 Å². The smallest absolute Gasteiger partial charge is 0.0594 e. The first kappa shape index (κ1) is 14.9. The van der Waals surface area contributed by atoms with Gasteiger partial charge < -0.3 is 15.4 Å². The van der Waals surface area contributed by atoms with E-state index in [0.717, 1.165) is 45.4 Å². The van der Waals surface area contributed by atoms with Crippen molar-refractivity contribution in [2.24, 2.45) is 0 Å². The molecule has 4 heteroatoms. The zero-order valence-corrected chi connectivity index (χ0v) is 11.5. The molecule has 0 bridgehead atoms. The van der Waals surface area contributed by atoms with Gasteiger partial charge in [0.05, 0.1) is 13.2 Å². The average Bonchev–Trinajstić information content (AvgIpc) is 2.37. The lowest BCUT2D eigenvalue weighted by Gasteiger charge is -2.35. The summed E-state index contributed by atoms with van der Waals surface area (Å²) in [6.07, 6.45) is 4.07. The Labute approximate surface area is 106 Å². The molecule has 4 nitrogen and oxygen atoms in total. The highest BCUT2D eigenvalue weighted by Gasteiger charge is 2.21. The molecular weight excluding hydrogens is 214 g/mol. The van der Waals surface area contributed by atoms with Crippen LogP contribution in [0.2, 0.25) is 0 Å². The number of hydrogen-bond donors (Lipinski definition) is 2. The number of likely N-dealkylation sites (N-methyl/N-ethyl adjacent to an activating group) is 2. The average molecular weight is 243 g/mol. The third-order valence-corrected chi connectivity index (χ3v) is 3.40. The van der Waals surface area contributed by atoms with Gasteiger partial charge in [0.1, 0.15) is 0 Å². The van der Waals surface area contributed by atoms with Gasteiger partial charge in [-0.2, -0.15) is 0 Å². The number of ether oxygens (including phenoxy) is 1. The van der Waals surface area contributed by atoms with Crippen molar-refractivity contribution in [3.8, 4) is 0 Å². The Hall–Kier alpha value is -0.160. The lowest BCUT2D eigenvalue weighted by atomic mass is 10.0. The maximum Gasteiger partial charge on any atom is 0.0594 e. The Morgan fingerprint density at radius 1 is 1.29 bits per heavy atom. The van der Waals surface area contributed by atoms with Crippen molar-refractivity contribution in [3.63, 3.8) is 0 Å². The van der Waals surface area contributed by atoms with Gasteiger partial charge in [0, 0.05) is 25.7 Å². The third kappa shape index (κ3) is 6.36. The van der Waals surface area contributed by atoms with Crippen LogP contribution in [-0.2, 0) is 4.74 Å². The van der Waals surface area contributed by atoms with E-state index in [0.29, 0.717) is 0 Å². The quantitative estimate of drug-likeness (QED) is 0.584. The first-order valence-corrected chi connectivity index (χ1v) is 7.05. The highest BCUT2D eigenvalue weighted by molar-refractivity contribution is 4.78. The lowest BCUT2D eigenvalue weighted by Crippen LogP contribution is -2.46. The molecule has 1 aliphatic heterocycles. The van der Waals surface area contributed by atoms with E-state index in [1.807, 2.05) is 7.05 Å². The van der Waals surface area contributed by atoms with Crippen molar-refractivity contribution >= 4 is 0 Å². The Morgan fingerprint density at radius 2 is 2.18 bits per heavy atom. The fraction of sp³-hybridized carbons (Fsp3) is 1.00. The number of likely N-dealkylation sites (tertiary alicyclic amines) is 1. The molecule has 2 N–H and O–H groups in total. The van der Waals surface area contributed by atoms with Crippen LogP contribution in [0.3, 0.4) is 0 Å². The van der Waals surface area contributed by atoms with Crippen LogP contribution in [0.25, 0.3) is 0 Å². The van der Waals surface area contributed by atoms with Gasteiger partial charge in [-0.15, -0.1) is 0 Å². The fourth-order valence-electron chi connectivity index (χ4n) is 2.35. The predicted molar refractivity (Wildman–Crippen MR) is 72.5 cm³/mol. The molecule has 1 saturated heterocycles. The minimum atomic E-state index is 0.719. The van der Waals surface area contributed by atoms with Crippen LogP contribution in [0, 0.1) is 0 Å². The molecule has 0 spiro atoms. The van der Waals surface area contributed by atoms with Crippen molar-refractivity contribution in [3.05, 3.63) is 0 Å². The second-order valence-corrected chi connectivity index (χ2v) is 4.71. The van der Waals surface area contributed by atoms with E-state index in [4.69, 9.17) is 4.74 Å². The summed E-state index contributed by atoms with van der Waals surface area (Å²) in [7, 11) is 1.96. The Bertz CT molecular complexity index is 178. The van der Waals surface area contributed by atoms with Crippen LogP contribution < -0.4 is 10.6 Å². The van der Waals surface area contributed by atoms with Crippen LogP contribution in [0.4, 0.5) is 0 Å². The number of nitrogens with zero attached hydrogens (tertiary/aromatic N) is 1. The number of rotatable bonds is 9. The van der Waals surface area contributed by atoms with Gasteiger partial charge >= 0.3 is 0 Å². The molecule has 1 heterocycles. The summed E-state index contributed by atoms with van der Waals surface area (Å²) < 4.78 is 5.61. The summed E-state index contributed by atoms with van der Waals surface area (Å²) in [5, 5.41) is 6.56. The first-order chi connectivity index (χ1) is 8.38. The molecule has 1 aliphatic rings. The van der Waals surface area contributed by atoms with Crippen molar-refractivity contribution < 1.29 is 4.74 Å². The monoisotopic (exact) mass is 243 g/mol. The minimum Gasteiger partial charge on any atom is -0.379 e. The Kier molecular flexibility index (Phi) is 8.61. The second-order valence-electron chi connectivity index (χ2n) is 4.71. The van der Waals surface area contributed by atoms with Crippen LogP contribution in [0.1, 0.15) is 26.2 Å². The second kappa shape index (κ2) is 9.83. The summed E-state index contributed by atoms with van der Waals surface area (Å²) in [5.41, 5.74) is 0. The molecule has 0 saturated carbocycles. The van der Waals surface area contributed by atoms with Crippen LogP contribution in [-0.4, -0.2) is 63.9 Å². The fourth-order valence-corrected chi connectivity index (χ4v) is 2.35. The molecule has 0 aromatic rings. The molecule has 0 amide bonds. The van der Waals surface area contributed by atoms with Crippen molar-refractivity contribution in [2.45, 2.75) is 32.2 Å². The standard InChI is InChI=1S/C13H29N3O/c1-3-15-12-13-6-4-5-8-16(13)9-11-17-10-7-14-2/h13-15H,3-12H2,1-2H3. The third-order valence-electron chi connectivity index (χ3n) is 3.40. The van der Waals surface area contributed by atoms with E-state index in [9.17, 15) is 0 Å². The predicted octanol–water partition coefficient (Wildman–Crippen LogP) is 0.686. The SMILES string of the molecule is CCNCC1CCCCN1CCOCCNC. The molecule has 0 radical (unpaired) electrons. The van der Waals surface area contributed by atoms with Gasteiger partial charge in [0.25, 0.3) is 0 Å². The molecule has 102 valence electrons. The summed E-state index contributed by atoms with van der Waals surface area (Å²) >= 11 is 0. The highest BCUT2D eigenvalue weighted by atomic mass is 16.5. The first-order valence-electron chi connectivity index (χ1n) is 7.05. The molecule has 1 fully saturated rings. The van der Waals surface area contributed by atoms with E-state index < -0.39 is 0 Å². The highest BCUT2D eigenvalue weighted by Crippen LogP contribution is 2.15. The Morgan fingerprint density at radius 3 is 2.94 bits per heavy atom. The maximum atomic E-state index is 5.61. The van der Waals surface area contributed by atoms with Crippen molar-refractivity contribution in [2.75, 3.05) is 53.0 Å². The lowest BCUT2D eigenvalue weighted by molar-refractivity contribution is 0.0732. The molecule has 17 heavy (non-hydrogen) atoms.